The van der Waals surface area contributed by atoms with Gasteiger partial charge in [-0.05, 0) is 43.9 Å². The van der Waals surface area contributed by atoms with E-state index >= 15 is 0 Å². The van der Waals surface area contributed by atoms with E-state index in [4.69, 9.17) is 16.1 Å². The monoisotopic (exact) mass is 434 g/mol. The Labute approximate surface area is 179 Å². The Morgan fingerprint density at radius 1 is 1.40 bits per heavy atom. The van der Waals surface area contributed by atoms with E-state index in [0.29, 0.717) is 43.2 Å². The van der Waals surface area contributed by atoms with Crippen molar-refractivity contribution in [1.29, 1.82) is 0 Å². The van der Waals surface area contributed by atoms with Gasteiger partial charge in [0.05, 0.1) is 10.4 Å². The molecule has 2 fully saturated rings. The van der Waals surface area contributed by atoms with Gasteiger partial charge in [-0.25, -0.2) is 4.39 Å². The molecule has 9 heteroatoms. The number of likely N-dealkylation sites (tertiary alicyclic amines) is 1. The molecule has 7 nitrogen and oxygen atoms in total. The first-order valence-corrected chi connectivity index (χ1v) is 10.4. The van der Waals surface area contributed by atoms with Crippen molar-refractivity contribution in [2.45, 2.75) is 45.1 Å². The van der Waals surface area contributed by atoms with Gasteiger partial charge in [-0.1, -0.05) is 30.6 Å². The third-order valence-electron chi connectivity index (χ3n) is 6.15. The second-order valence-corrected chi connectivity index (χ2v) is 9.02. The second kappa shape index (κ2) is 7.65. The number of fused-ring (bicyclic) bond motifs is 1. The molecule has 160 valence electrons. The molecule has 1 aromatic carbocycles. The molecule has 2 aliphatic rings. The van der Waals surface area contributed by atoms with Crippen LogP contribution in [0, 0.1) is 24.6 Å². The molecule has 1 unspecified atom stereocenters. The lowest BCUT2D eigenvalue weighted by molar-refractivity contribution is -0.133. The molecule has 0 bridgehead atoms. The molecule has 1 aliphatic carbocycles. The number of hydrogen-bond acceptors (Lipinski definition) is 5. The van der Waals surface area contributed by atoms with Crippen LogP contribution in [-0.4, -0.2) is 46.0 Å². The number of rotatable bonds is 4. The van der Waals surface area contributed by atoms with Crippen molar-refractivity contribution in [3.05, 3.63) is 46.3 Å². The Balaban J connectivity index is 1.55. The predicted octanol–water partition coefficient (Wildman–Crippen LogP) is 3.12. The standard InChI is InChI=1S/C21H24ClFN4O3/c1-11(2)19(29)27-9-14-7-15(8-21(14,10-27)20-24-12(3)26-30-20)25-18(28)13-4-5-17(23)16(22)6-13/h4-6,11,14-15H,7-10H2,1-3H3,(H,25,28)/t14?,15-,21+/m1/s1. The molecule has 1 saturated heterocycles. The number of carbonyl (C=O) groups excluding carboxylic acids is 2. The van der Waals surface area contributed by atoms with Crippen LogP contribution in [0.2, 0.25) is 5.02 Å². The van der Waals surface area contributed by atoms with E-state index in [1.54, 1.807) is 6.92 Å². The minimum absolute atomic E-state index is 0.0911. The van der Waals surface area contributed by atoms with Crippen LogP contribution in [0.3, 0.4) is 0 Å². The number of benzene rings is 1. The smallest absolute Gasteiger partial charge is 0.251 e. The van der Waals surface area contributed by atoms with Crippen molar-refractivity contribution in [2.24, 2.45) is 11.8 Å². The van der Waals surface area contributed by atoms with Crippen LogP contribution in [0.25, 0.3) is 0 Å². The van der Waals surface area contributed by atoms with Gasteiger partial charge in [-0.15, -0.1) is 0 Å². The molecule has 3 atom stereocenters. The number of carbonyl (C=O) groups is 2. The Kier molecular flexibility index (Phi) is 5.30. The minimum atomic E-state index is -0.566. The Bertz CT molecular complexity index is 994. The summed E-state index contributed by atoms with van der Waals surface area (Å²) >= 11 is 5.81. The molecule has 0 spiro atoms. The van der Waals surface area contributed by atoms with Gasteiger partial charge >= 0.3 is 0 Å². The van der Waals surface area contributed by atoms with Crippen LogP contribution in [0.5, 0.6) is 0 Å². The maximum Gasteiger partial charge on any atom is 0.251 e. The number of amides is 2. The molecule has 1 saturated carbocycles. The average molecular weight is 435 g/mol. The number of hydrogen-bond donors (Lipinski definition) is 1. The first-order chi connectivity index (χ1) is 14.2. The van der Waals surface area contributed by atoms with Crippen molar-refractivity contribution in [3.8, 4) is 0 Å². The third kappa shape index (κ3) is 3.57. The zero-order valence-electron chi connectivity index (χ0n) is 17.1. The number of aromatic nitrogens is 2. The van der Waals surface area contributed by atoms with Crippen molar-refractivity contribution in [3.63, 3.8) is 0 Å². The van der Waals surface area contributed by atoms with E-state index in [1.807, 2.05) is 18.7 Å². The quantitative estimate of drug-likeness (QED) is 0.798. The lowest BCUT2D eigenvalue weighted by Crippen LogP contribution is -2.40. The van der Waals surface area contributed by atoms with Crippen LogP contribution in [0.4, 0.5) is 4.39 Å². The maximum atomic E-state index is 13.4. The first-order valence-electron chi connectivity index (χ1n) is 10.0. The van der Waals surface area contributed by atoms with Gasteiger partial charge in [0, 0.05) is 30.6 Å². The molecule has 30 heavy (non-hydrogen) atoms. The third-order valence-corrected chi connectivity index (χ3v) is 6.44. The Hall–Kier alpha value is -2.48. The van der Waals surface area contributed by atoms with Crippen LogP contribution < -0.4 is 5.32 Å². The zero-order valence-corrected chi connectivity index (χ0v) is 17.9. The number of nitrogens with one attached hydrogen (secondary N) is 1. The summed E-state index contributed by atoms with van der Waals surface area (Å²) in [6, 6.07) is 3.78. The first kappa shape index (κ1) is 20.8. The fourth-order valence-corrected chi connectivity index (χ4v) is 4.93. The van der Waals surface area contributed by atoms with E-state index in [1.165, 1.54) is 18.2 Å². The highest BCUT2D eigenvalue weighted by Crippen LogP contribution is 2.50. The Morgan fingerprint density at radius 2 is 2.17 bits per heavy atom. The summed E-state index contributed by atoms with van der Waals surface area (Å²) in [7, 11) is 0. The van der Waals surface area contributed by atoms with Gasteiger partial charge in [0.15, 0.2) is 5.82 Å². The normalized spacial score (nSPS) is 25.6. The van der Waals surface area contributed by atoms with Gasteiger partial charge in [0.2, 0.25) is 11.8 Å². The van der Waals surface area contributed by atoms with Gasteiger partial charge in [0.25, 0.3) is 5.91 Å². The number of aryl methyl sites for hydroxylation is 1. The highest BCUT2D eigenvalue weighted by atomic mass is 35.5. The van der Waals surface area contributed by atoms with E-state index < -0.39 is 11.2 Å². The highest BCUT2D eigenvalue weighted by Gasteiger charge is 2.58. The number of halogens is 2. The summed E-state index contributed by atoms with van der Waals surface area (Å²) in [6.07, 6.45) is 1.27. The maximum absolute atomic E-state index is 13.4. The van der Waals surface area contributed by atoms with E-state index in [2.05, 4.69) is 15.5 Å². The highest BCUT2D eigenvalue weighted by molar-refractivity contribution is 6.31. The molecule has 2 aromatic rings. The van der Waals surface area contributed by atoms with Crippen LogP contribution in [0.15, 0.2) is 22.7 Å². The molecule has 1 aliphatic heterocycles. The molecule has 1 aromatic heterocycles. The summed E-state index contributed by atoms with van der Waals surface area (Å²) in [5.41, 5.74) is -0.178. The SMILES string of the molecule is Cc1noc([C@]23C[C@H](NC(=O)c4ccc(F)c(Cl)c4)CC2CN(C(=O)C(C)C)C3)n1. The van der Waals surface area contributed by atoms with Gasteiger partial charge in [-0.3, -0.25) is 9.59 Å². The van der Waals surface area contributed by atoms with E-state index in [-0.39, 0.29) is 34.7 Å². The minimum Gasteiger partial charge on any atom is -0.349 e. The fraction of sp³-hybridized carbons (Fsp3) is 0.524. The van der Waals surface area contributed by atoms with Crippen molar-refractivity contribution in [1.82, 2.24) is 20.4 Å². The van der Waals surface area contributed by atoms with Crippen molar-refractivity contribution < 1.29 is 18.5 Å². The molecule has 1 N–H and O–H groups in total. The fourth-order valence-electron chi connectivity index (χ4n) is 4.75. The summed E-state index contributed by atoms with van der Waals surface area (Å²) in [4.78, 5) is 31.6. The molecule has 2 amide bonds. The predicted molar refractivity (Wildman–Crippen MR) is 108 cm³/mol. The lowest BCUT2D eigenvalue weighted by Gasteiger charge is -2.26. The molecular formula is C21H24ClFN4O3. The zero-order chi connectivity index (χ0) is 21.6. The Morgan fingerprint density at radius 3 is 2.80 bits per heavy atom. The summed E-state index contributed by atoms with van der Waals surface area (Å²) in [6.45, 7) is 6.61. The van der Waals surface area contributed by atoms with Crippen LogP contribution >= 0.6 is 11.6 Å². The van der Waals surface area contributed by atoms with Gasteiger partial charge in [-0.2, -0.15) is 4.98 Å². The second-order valence-electron chi connectivity index (χ2n) is 8.61. The van der Waals surface area contributed by atoms with Crippen molar-refractivity contribution in [2.75, 3.05) is 13.1 Å². The molecule has 4 rings (SSSR count). The average Bonchev–Trinajstić information content (AvgIpc) is 3.35. The summed E-state index contributed by atoms with van der Waals surface area (Å²) < 4.78 is 18.9. The topological polar surface area (TPSA) is 88.3 Å². The largest absolute Gasteiger partial charge is 0.349 e. The molecular weight excluding hydrogens is 411 g/mol. The van der Waals surface area contributed by atoms with Crippen molar-refractivity contribution >= 4 is 23.4 Å². The van der Waals surface area contributed by atoms with E-state index in [0.717, 1.165) is 0 Å². The number of nitrogens with zero attached hydrogens (tertiary/aromatic N) is 3. The lowest BCUT2D eigenvalue weighted by atomic mass is 9.80. The summed E-state index contributed by atoms with van der Waals surface area (Å²) in [5.74, 6) is 0.289. The van der Waals surface area contributed by atoms with Crippen LogP contribution in [-0.2, 0) is 10.2 Å². The van der Waals surface area contributed by atoms with Crippen LogP contribution in [0.1, 0.15) is 48.8 Å². The van der Waals surface area contributed by atoms with Gasteiger partial charge in [0.1, 0.15) is 5.82 Å². The summed E-state index contributed by atoms with van der Waals surface area (Å²) in [5, 5.41) is 6.88. The van der Waals surface area contributed by atoms with E-state index in [9.17, 15) is 14.0 Å². The molecule has 2 heterocycles. The molecule has 0 radical (unpaired) electrons. The van der Waals surface area contributed by atoms with Gasteiger partial charge < -0.3 is 14.7 Å².